The Morgan fingerprint density at radius 3 is 2.86 bits per heavy atom. The summed E-state index contributed by atoms with van der Waals surface area (Å²) >= 11 is 0. The van der Waals surface area contributed by atoms with Crippen molar-refractivity contribution in [2.45, 2.75) is 20.3 Å². The third kappa shape index (κ3) is 3.79. The third-order valence-corrected chi connectivity index (χ3v) is 5.02. The van der Waals surface area contributed by atoms with Crippen molar-refractivity contribution in [1.82, 2.24) is 20.4 Å². The molecule has 4 rings (SSSR count). The van der Waals surface area contributed by atoms with Gasteiger partial charge in [-0.05, 0) is 32.4 Å². The number of para-hydroxylation sites is 1. The number of amides is 1. The third-order valence-electron chi connectivity index (χ3n) is 5.02. The number of ether oxygens (including phenoxy) is 1. The van der Waals surface area contributed by atoms with Crippen molar-refractivity contribution >= 4 is 16.9 Å². The van der Waals surface area contributed by atoms with Crippen LogP contribution in [0.3, 0.4) is 0 Å². The van der Waals surface area contributed by atoms with Gasteiger partial charge in [0, 0.05) is 30.6 Å². The van der Waals surface area contributed by atoms with E-state index in [0.717, 1.165) is 61.4 Å². The molecule has 3 aromatic rings. The van der Waals surface area contributed by atoms with Crippen molar-refractivity contribution in [3.8, 4) is 11.6 Å². The summed E-state index contributed by atoms with van der Waals surface area (Å²) in [5.41, 5.74) is 2.76. The quantitative estimate of drug-likeness (QED) is 0.653. The standard InChI is InChI=1S/C20H24N4O4/c1-13-5-3-6-15-14(2)17(27-16(13)15)18-22-20(28-23-18)19(25)21-7-4-8-24-9-11-26-12-10-24/h3,5-6H,4,7-12H2,1-2H3,(H,21,25). The zero-order valence-corrected chi connectivity index (χ0v) is 16.2. The molecule has 28 heavy (non-hydrogen) atoms. The van der Waals surface area contributed by atoms with E-state index in [1.807, 2.05) is 32.0 Å². The first kappa shape index (κ1) is 18.6. The van der Waals surface area contributed by atoms with Crippen LogP contribution >= 0.6 is 0 Å². The average Bonchev–Trinajstić information content (AvgIpc) is 3.32. The Morgan fingerprint density at radius 2 is 2.07 bits per heavy atom. The van der Waals surface area contributed by atoms with E-state index in [1.54, 1.807) is 0 Å². The van der Waals surface area contributed by atoms with Gasteiger partial charge in [-0.3, -0.25) is 9.69 Å². The maximum absolute atomic E-state index is 12.3. The number of morpholine rings is 1. The van der Waals surface area contributed by atoms with E-state index in [9.17, 15) is 4.79 Å². The van der Waals surface area contributed by atoms with E-state index in [-0.39, 0.29) is 17.6 Å². The van der Waals surface area contributed by atoms with Crippen LogP contribution in [-0.2, 0) is 4.74 Å². The van der Waals surface area contributed by atoms with Crippen LogP contribution in [-0.4, -0.2) is 60.3 Å². The maximum Gasteiger partial charge on any atom is 0.316 e. The minimum atomic E-state index is -0.370. The van der Waals surface area contributed by atoms with Crippen molar-refractivity contribution in [2.75, 3.05) is 39.4 Å². The van der Waals surface area contributed by atoms with Crippen LogP contribution in [0.25, 0.3) is 22.6 Å². The Morgan fingerprint density at radius 1 is 1.25 bits per heavy atom. The number of carbonyl (C=O) groups excluding carboxylic acids is 1. The maximum atomic E-state index is 12.3. The highest BCUT2D eigenvalue weighted by Gasteiger charge is 2.21. The van der Waals surface area contributed by atoms with Crippen LogP contribution in [0.1, 0.15) is 28.2 Å². The fourth-order valence-corrected chi connectivity index (χ4v) is 3.41. The number of hydrogen-bond acceptors (Lipinski definition) is 7. The summed E-state index contributed by atoms with van der Waals surface area (Å²) in [5.74, 6) is 0.384. The SMILES string of the molecule is Cc1c(-c2noc(C(=O)NCCCN3CCOCC3)n2)oc2c(C)cccc12. The molecule has 1 aliphatic rings. The first-order valence-electron chi connectivity index (χ1n) is 9.54. The molecular weight excluding hydrogens is 360 g/mol. The molecule has 1 saturated heterocycles. The van der Waals surface area contributed by atoms with Crippen LogP contribution in [0.4, 0.5) is 0 Å². The zero-order chi connectivity index (χ0) is 19.5. The summed E-state index contributed by atoms with van der Waals surface area (Å²) in [6.07, 6.45) is 0.856. The number of furan rings is 1. The fraction of sp³-hybridized carbons (Fsp3) is 0.450. The Kier molecular flexibility index (Phi) is 5.40. The Hall–Kier alpha value is -2.71. The zero-order valence-electron chi connectivity index (χ0n) is 16.2. The second-order valence-corrected chi connectivity index (χ2v) is 6.99. The van der Waals surface area contributed by atoms with E-state index in [1.165, 1.54) is 0 Å². The largest absolute Gasteiger partial charge is 0.452 e. The van der Waals surface area contributed by atoms with E-state index in [4.69, 9.17) is 13.7 Å². The molecule has 0 unspecified atom stereocenters. The second-order valence-electron chi connectivity index (χ2n) is 6.99. The number of aromatic nitrogens is 2. The minimum Gasteiger partial charge on any atom is -0.452 e. The van der Waals surface area contributed by atoms with Crippen molar-refractivity contribution in [3.63, 3.8) is 0 Å². The van der Waals surface area contributed by atoms with Gasteiger partial charge in [-0.2, -0.15) is 4.98 Å². The van der Waals surface area contributed by atoms with E-state index in [2.05, 4.69) is 20.4 Å². The molecule has 1 N–H and O–H groups in total. The molecule has 8 nitrogen and oxygen atoms in total. The lowest BCUT2D eigenvalue weighted by molar-refractivity contribution is 0.0374. The number of benzene rings is 1. The molecule has 0 saturated carbocycles. The van der Waals surface area contributed by atoms with Gasteiger partial charge >= 0.3 is 11.8 Å². The van der Waals surface area contributed by atoms with Gasteiger partial charge in [0.15, 0.2) is 5.76 Å². The lowest BCUT2D eigenvalue weighted by Crippen LogP contribution is -2.38. The predicted molar refractivity (Wildman–Crippen MR) is 103 cm³/mol. The summed E-state index contributed by atoms with van der Waals surface area (Å²) in [5, 5.41) is 7.77. The number of fused-ring (bicyclic) bond motifs is 1. The summed E-state index contributed by atoms with van der Waals surface area (Å²) < 4.78 is 16.4. The van der Waals surface area contributed by atoms with Crippen molar-refractivity contribution in [1.29, 1.82) is 0 Å². The highest BCUT2D eigenvalue weighted by atomic mass is 16.5. The van der Waals surface area contributed by atoms with Gasteiger partial charge in [-0.25, -0.2) is 0 Å². The molecule has 1 amide bonds. The molecule has 8 heteroatoms. The van der Waals surface area contributed by atoms with Crippen LogP contribution in [0, 0.1) is 13.8 Å². The van der Waals surface area contributed by atoms with Crippen molar-refractivity contribution in [3.05, 3.63) is 35.2 Å². The molecule has 2 aromatic heterocycles. The molecule has 3 heterocycles. The number of carbonyl (C=O) groups is 1. The van der Waals surface area contributed by atoms with Gasteiger partial charge in [0.2, 0.25) is 5.82 Å². The highest BCUT2D eigenvalue weighted by molar-refractivity contribution is 5.91. The number of aryl methyl sites for hydroxylation is 2. The van der Waals surface area contributed by atoms with Gasteiger partial charge in [0.25, 0.3) is 0 Å². The van der Waals surface area contributed by atoms with Crippen molar-refractivity contribution in [2.24, 2.45) is 0 Å². The Bertz CT molecular complexity index is 972. The smallest absolute Gasteiger partial charge is 0.316 e. The van der Waals surface area contributed by atoms with E-state index in [0.29, 0.717) is 12.3 Å². The van der Waals surface area contributed by atoms with Gasteiger partial charge < -0.3 is 19.0 Å². The summed E-state index contributed by atoms with van der Waals surface area (Å²) in [6.45, 7) is 8.85. The molecule has 1 fully saturated rings. The number of nitrogens with zero attached hydrogens (tertiary/aromatic N) is 3. The van der Waals surface area contributed by atoms with Gasteiger partial charge in [-0.15, -0.1) is 0 Å². The van der Waals surface area contributed by atoms with Gasteiger partial charge in [0.1, 0.15) is 5.58 Å². The number of hydrogen-bond donors (Lipinski definition) is 1. The summed E-state index contributed by atoms with van der Waals surface area (Å²) in [7, 11) is 0. The highest BCUT2D eigenvalue weighted by Crippen LogP contribution is 2.32. The molecule has 1 aliphatic heterocycles. The lowest BCUT2D eigenvalue weighted by atomic mass is 10.1. The van der Waals surface area contributed by atoms with Gasteiger partial charge in [0.05, 0.1) is 13.2 Å². The minimum absolute atomic E-state index is 0.0575. The van der Waals surface area contributed by atoms with E-state index < -0.39 is 0 Å². The first-order valence-corrected chi connectivity index (χ1v) is 9.54. The Labute approximate surface area is 162 Å². The topological polar surface area (TPSA) is 93.6 Å². The molecule has 0 spiro atoms. The fourth-order valence-electron chi connectivity index (χ4n) is 3.41. The first-order chi connectivity index (χ1) is 13.6. The normalized spacial score (nSPS) is 15.2. The van der Waals surface area contributed by atoms with E-state index >= 15 is 0 Å². The molecule has 0 aliphatic carbocycles. The molecule has 0 radical (unpaired) electrons. The number of nitrogens with one attached hydrogen (secondary N) is 1. The molecule has 0 atom stereocenters. The molecule has 0 bridgehead atoms. The van der Waals surface area contributed by atoms with Crippen LogP contribution < -0.4 is 5.32 Å². The summed E-state index contributed by atoms with van der Waals surface area (Å²) in [4.78, 5) is 18.8. The molecule has 148 valence electrons. The monoisotopic (exact) mass is 384 g/mol. The number of rotatable bonds is 6. The van der Waals surface area contributed by atoms with Gasteiger partial charge in [-0.1, -0.05) is 23.4 Å². The predicted octanol–water partition coefficient (Wildman–Crippen LogP) is 2.55. The second kappa shape index (κ2) is 8.12. The van der Waals surface area contributed by atoms with Crippen LogP contribution in [0.15, 0.2) is 27.1 Å². The lowest BCUT2D eigenvalue weighted by Gasteiger charge is -2.26. The van der Waals surface area contributed by atoms with Crippen LogP contribution in [0.2, 0.25) is 0 Å². The molecular formula is C20H24N4O4. The molecule has 1 aromatic carbocycles. The average molecular weight is 384 g/mol. The Balaban J connectivity index is 1.38. The summed E-state index contributed by atoms with van der Waals surface area (Å²) in [6, 6.07) is 5.96. The van der Waals surface area contributed by atoms with Crippen molar-refractivity contribution < 1.29 is 18.5 Å². The van der Waals surface area contributed by atoms with Crippen LogP contribution in [0.5, 0.6) is 0 Å².